The van der Waals surface area contributed by atoms with Crippen molar-refractivity contribution < 1.29 is 23.2 Å². The van der Waals surface area contributed by atoms with E-state index in [2.05, 4.69) is 0 Å². The molecule has 0 aliphatic carbocycles. The van der Waals surface area contributed by atoms with Gasteiger partial charge in [0.15, 0.2) is 0 Å². The summed E-state index contributed by atoms with van der Waals surface area (Å²) in [5.41, 5.74) is 0. The summed E-state index contributed by atoms with van der Waals surface area (Å²) >= 11 is -2.95. The first-order valence-corrected chi connectivity index (χ1v) is 7.58. The van der Waals surface area contributed by atoms with E-state index in [1.165, 1.54) is 0 Å². The molecule has 1 rings (SSSR count). The average molecular weight is 168 g/mol. The third kappa shape index (κ3) is 1.57. The van der Waals surface area contributed by atoms with Crippen molar-refractivity contribution in [2.24, 2.45) is 0 Å². The van der Waals surface area contributed by atoms with Gasteiger partial charge in [0.25, 0.3) is 0 Å². The van der Waals surface area contributed by atoms with Gasteiger partial charge in [0, 0.05) is 0 Å². The molecule has 0 amide bonds. The van der Waals surface area contributed by atoms with Gasteiger partial charge in [0.2, 0.25) is 0 Å². The molecule has 0 aromatic heterocycles. The maximum atomic E-state index is 10.3. The van der Waals surface area contributed by atoms with Crippen molar-refractivity contribution in [3.8, 4) is 0 Å². The van der Waals surface area contributed by atoms with Crippen LogP contribution in [-0.2, 0) is 23.2 Å². The number of rotatable bonds is 1. The zero-order valence-electron chi connectivity index (χ0n) is 4.46. The molecule has 1 saturated heterocycles. The summed E-state index contributed by atoms with van der Waals surface area (Å²) in [7, 11) is -0.574. The Balaban J connectivity index is 2.47. The molecule has 46 valence electrons. The van der Waals surface area contributed by atoms with E-state index in [0.29, 0.717) is 0 Å². The molecule has 1 atom stereocenters. The zero-order valence-corrected chi connectivity index (χ0v) is 6.92. The summed E-state index contributed by atoms with van der Waals surface area (Å²) in [6.07, 6.45) is 2.14. The Hall–Kier alpha value is 0.664. The summed E-state index contributed by atoms with van der Waals surface area (Å²) in [4.78, 5) is 0. The monoisotopic (exact) mass is 168 g/mol. The van der Waals surface area contributed by atoms with Crippen LogP contribution in [0.15, 0.2) is 0 Å². The van der Waals surface area contributed by atoms with E-state index < -0.39 is 25.0 Å². The predicted octanol–water partition coefficient (Wildman–Crippen LogP) is 1.17. The Bertz CT molecular complexity index is 129. The first-order valence-electron chi connectivity index (χ1n) is 2.61. The molecule has 0 N–H and O–H groups in total. The summed E-state index contributed by atoms with van der Waals surface area (Å²) in [5.74, 6) is 2.95. The van der Waals surface area contributed by atoms with E-state index in [1.807, 2.05) is 5.75 Å². The van der Waals surface area contributed by atoms with Gasteiger partial charge in [-0.05, 0) is 0 Å². The molecule has 1 aliphatic rings. The third-order valence-corrected chi connectivity index (χ3v) is 7.25. The molecule has 8 heavy (non-hydrogen) atoms. The molecule has 1 heterocycles. The average Bonchev–Trinajstić information content (AvgIpc) is 2.12. The van der Waals surface area contributed by atoms with Gasteiger partial charge in [-0.3, -0.25) is 0 Å². The maximum absolute atomic E-state index is 10.3. The van der Waals surface area contributed by atoms with Crippen molar-refractivity contribution in [2.45, 2.75) is 12.8 Å². The SMILES string of the molecule is [O]=[Ti](=[O])[SH]1[CH]CCC1. The molecule has 0 spiro atoms. The Morgan fingerprint density at radius 2 is 2.25 bits per heavy atom. The molecule has 4 heteroatoms. The van der Waals surface area contributed by atoms with Crippen molar-refractivity contribution in [3.05, 3.63) is 5.75 Å². The summed E-state index contributed by atoms with van der Waals surface area (Å²) in [5, 5.41) is 0. The zero-order chi connectivity index (χ0) is 5.98. The minimum absolute atomic E-state index is 0.574. The van der Waals surface area contributed by atoms with Gasteiger partial charge in [-0.1, -0.05) is 0 Å². The Morgan fingerprint density at radius 1 is 1.50 bits per heavy atom. The van der Waals surface area contributed by atoms with E-state index in [4.69, 9.17) is 0 Å². The topological polar surface area (TPSA) is 34.1 Å². The fraction of sp³-hybridized carbons (Fsp3) is 0.750. The quantitative estimate of drug-likeness (QED) is 0.471. The van der Waals surface area contributed by atoms with E-state index >= 15 is 0 Å². The van der Waals surface area contributed by atoms with E-state index in [0.717, 1.165) is 18.6 Å². The molecule has 1 unspecified atom stereocenters. The normalized spacial score (nSPS) is 23.8. The van der Waals surface area contributed by atoms with E-state index in [1.54, 1.807) is 0 Å². The van der Waals surface area contributed by atoms with Crippen LogP contribution < -0.4 is 0 Å². The Morgan fingerprint density at radius 3 is 2.50 bits per heavy atom. The summed E-state index contributed by atoms with van der Waals surface area (Å²) < 4.78 is 20.7. The van der Waals surface area contributed by atoms with Crippen molar-refractivity contribution in [2.75, 3.05) is 5.75 Å². The van der Waals surface area contributed by atoms with Crippen LogP contribution in [0.3, 0.4) is 0 Å². The van der Waals surface area contributed by atoms with Crippen LogP contribution >= 0.6 is 8.48 Å². The number of thiol groups is 1. The van der Waals surface area contributed by atoms with Crippen molar-refractivity contribution in [3.63, 3.8) is 0 Å². The molecular weight excluding hydrogens is 160 g/mol. The molecule has 0 saturated carbocycles. The molecule has 0 aromatic rings. The first-order chi connectivity index (χ1) is 3.80. The van der Waals surface area contributed by atoms with Gasteiger partial charge < -0.3 is 0 Å². The molecule has 2 nitrogen and oxygen atoms in total. The molecule has 1 aliphatic heterocycles. The molecule has 1 fully saturated rings. The van der Waals surface area contributed by atoms with Crippen LogP contribution in [0.1, 0.15) is 12.8 Å². The van der Waals surface area contributed by atoms with Crippen LogP contribution in [-0.4, -0.2) is 5.75 Å². The third-order valence-electron chi connectivity index (χ3n) is 1.19. The summed E-state index contributed by atoms with van der Waals surface area (Å²) in [6, 6.07) is 0. The van der Waals surface area contributed by atoms with Crippen molar-refractivity contribution >= 4 is 8.48 Å². The van der Waals surface area contributed by atoms with Crippen LogP contribution in [0.4, 0.5) is 0 Å². The molecule has 0 aromatic carbocycles. The predicted molar refractivity (Wildman–Crippen MR) is 28.8 cm³/mol. The Labute approximate surface area is 56.1 Å². The number of hydrogen-bond donors (Lipinski definition) is 1. The van der Waals surface area contributed by atoms with Gasteiger partial charge in [0.1, 0.15) is 0 Å². The standard InChI is InChI=1S/C4H8S.2O.Ti/c1-2-4-5-3-1;;;/h3,5H,1-2,4H2;;;/q+1;;;-1. The van der Waals surface area contributed by atoms with Crippen LogP contribution in [0.2, 0.25) is 0 Å². The summed E-state index contributed by atoms with van der Waals surface area (Å²) in [6.45, 7) is 0. The van der Waals surface area contributed by atoms with Crippen LogP contribution in [0.5, 0.6) is 0 Å². The van der Waals surface area contributed by atoms with E-state index in [9.17, 15) is 6.65 Å². The van der Waals surface area contributed by atoms with Crippen molar-refractivity contribution in [1.82, 2.24) is 0 Å². The van der Waals surface area contributed by atoms with Gasteiger partial charge >= 0.3 is 56.0 Å². The fourth-order valence-corrected chi connectivity index (χ4v) is 5.20. The first kappa shape index (κ1) is 6.78. The van der Waals surface area contributed by atoms with Crippen molar-refractivity contribution in [1.29, 1.82) is 0 Å². The minimum atomic E-state index is -2.95. The van der Waals surface area contributed by atoms with Gasteiger partial charge in [0.05, 0.1) is 0 Å². The second kappa shape index (κ2) is 2.99. The fourth-order valence-electron chi connectivity index (χ4n) is 0.766. The van der Waals surface area contributed by atoms with E-state index in [-0.39, 0.29) is 0 Å². The van der Waals surface area contributed by atoms with Crippen LogP contribution in [0.25, 0.3) is 0 Å². The second-order valence-corrected chi connectivity index (χ2v) is 8.56. The second-order valence-electron chi connectivity index (χ2n) is 1.78. The number of hydrogen-bond acceptors (Lipinski definition) is 2. The molecular formula is C4H8O2STi. The molecule has 0 bridgehead atoms. The molecule has 1 radical (unpaired) electrons. The van der Waals surface area contributed by atoms with Gasteiger partial charge in [-0.15, -0.1) is 0 Å². The Kier molecular flexibility index (Phi) is 2.54. The van der Waals surface area contributed by atoms with Gasteiger partial charge in [-0.2, -0.15) is 0 Å². The van der Waals surface area contributed by atoms with Crippen LogP contribution in [0, 0.1) is 5.75 Å². The van der Waals surface area contributed by atoms with Gasteiger partial charge in [-0.25, -0.2) is 0 Å².